The molecule has 0 N–H and O–H groups in total. The number of amides is 1. The fourth-order valence-corrected chi connectivity index (χ4v) is 3.30. The first-order valence-corrected chi connectivity index (χ1v) is 8.94. The molecule has 1 amide bonds. The van der Waals surface area contributed by atoms with Gasteiger partial charge in [0, 0.05) is 30.8 Å². The summed E-state index contributed by atoms with van der Waals surface area (Å²) in [5.74, 6) is 0.0514. The second kappa shape index (κ2) is 9.18. The summed E-state index contributed by atoms with van der Waals surface area (Å²) in [7, 11) is 0. The largest absolute Gasteiger partial charge is 0.339 e. The van der Waals surface area contributed by atoms with Gasteiger partial charge < -0.3 is 4.90 Å². The van der Waals surface area contributed by atoms with E-state index >= 15 is 0 Å². The topological polar surface area (TPSA) is 37.4 Å². The maximum Gasteiger partial charge on any atom is 0.223 e. The summed E-state index contributed by atoms with van der Waals surface area (Å²) in [5.41, 5.74) is 1.20. The van der Waals surface area contributed by atoms with E-state index in [2.05, 4.69) is 18.7 Å². The van der Waals surface area contributed by atoms with Crippen molar-refractivity contribution in [2.75, 3.05) is 13.1 Å². The molecule has 0 saturated carbocycles. The van der Waals surface area contributed by atoms with Crippen molar-refractivity contribution < 1.29 is 9.59 Å². The minimum absolute atomic E-state index is 0.00691. The molecule has 3 nitrogen and oxygen atoms in total. The minimum Gasteiger partial charge on any atom is -0.339 e. The Bertz CT molecular complexity index is 691. The van der Waals surface area contributed by atoms with Gasteiger partial charge in [-0.1, -0.05) is 36.4 Å². The Morgan fingerprint density at radius 3 is 2.50 bits per heavy atom. The van der Waals surface area contributed by atoms with Crippen LogP contribution >= 0.6 is 11.3 Å². The maximum absolute atomic E-state index is 12.4. The lowest BCUT2D eigenvalue weighted by molar-refractivity contribution is -0.130. The van der Waals surface area contributed by atoms with Crippen LogP contribution < -0.4 is 0 Å². The van der Waals surface area contributed by atoms with Gasteiger partial charge in [0.1, 0.15) is 0 Å². The average Bonchev–Trinajstić information content (AvgIpc) is 3.03. The van der Waals surface area contributed by atoms with Gasteiger partial charge in [0.2, 0.25) is 5.91 Å². The summed E-state index contributed by atoms with van der Waals surface area (Å²) < 4.78 is 0. The Morgan fingerprint density at radius 1 is 1.12 bits per heavy atom. The van der Waals surface area contributed by atoms with E-state index in [0.717, 1.165) is 16.2 Å². The van der Waals surface area contributed by atoms with Crippen LogP contribution in [0, 0.1) is 6.92 Å². The van der Waals surface area contributed by atoms with E-state index in [1.165, 1.54) is 16.9 Å². The smallest absolute Gasteiger partial charge is 0.223 e. The van der Waals surface area contributed by atoms with Crippen molar-refractivity contribution in [3.05, 3.63) is 70.4 Å². The van der Waals surface area contributed by atoms with E-state index < -0.39 is 0 Å². The van der Waals surface area contributed by atoms with Crippen LogP contribution in [-0.4, -0.2) is 29.7 Å². The van der Waals surface area contributed by atoms with Gasteiger partial charge in [-0.25, -0.2) is 0 Å². The molecule has 0 aliphatic carbocycles. The lowest BCUT2D eigenvalue weighted by Crippen LogP contribution is -2.33. The highest BCUT2D eigenvalue weighted by Crippen LogP contribution is 2.17. The minimum atomic E-state index is 0.00691. The van der Waals surface area contributed by atoms with E-state index in [4.69, 9.17) is 0 Å². The highest BCUT2D eigenvalue weighted by atomic mass is 32.1. The number of aryl methyl sites for hydroxylation is 1. The number of carbonyl (C=O) groups excluding carboxylic acids is 2. The molecule has 1 heterocycles. The Kier molecular flexibility index (Phi) is 6.94. The number of benzene rings is 1. The zero-order chi connectivity index (χ0) is 17.4. The van der Waals surface area contributed by atoms with Crippen LogP contribution in [0.15, 0.2) is 55.1 Å². The normalized spacial score (nSPS) is 10.4. The number of nitrogens with zero attached hydrogens (tertiary/aromatic N) is 1. The van der Waals surface area contributed by atoms with Crippen LogP contribution in [-0.2, 0) is 11.2 Å². The van der Waals surface area contributed by atoms with Crippen LogP contribution in [0.5, 0.6) is 0 Å². The van der Waals surface area contributed by atoms with Crippen LogP contribution in [0.2, 0.25) is 0 Å². The molecular formula is C20H23NO2S. The predicted molar refractivity (Wildman–Crippen MR) is 99.5 cm³/mol. The van der Waals surface area contributed by atoms with E-state index in [0.29, 0.717) is 13.1 Å². The molecule has 0 spiro atoms. The molecule has 0 saturated heterocycles. The van der Waals surface area contributed by atoms with E-state index in [1.54, 1.807) is 11.0 Å². The third-order valence-electron chi connectivity index (χ3n) is 3.80. The molecule has 0 bridgehead atoms. The third-order valence-corrected chi connectivity index (χ3v) is 4.84. The first kappa shape index (κ1) is 18.1. The van der Waals surface area contributed by atoms with Gasteiger partial charge in [0.25, 0.3) is 0 Å². The van der Waals surface area contributed by atoms with Gasteiger partial charge in [-0.3, -0.25) is 9.59 Å². The lowest BCUT2D eigenvalue weighted by atomic mass is 10.1. The number of rotatable bonds is 9. The number of thiophene rings is 1. The van der Waals surface area contributed by atoms with Crippen molar-refractivity contribution in [1.29, 1.82) is 0 Å². The average molecular weight is 341 g/mol. The second-order valence-corrected chi connectivity index (χ2v) is 6.99. The fraction of sp³-hybridized carbons (Fsp3) is 0.300. The summed E-state index contributed by atoms with van der Waals surface area (Å²) in [5, 5.41) is 0. The number of hydrogen-bond acceptors (Lipinski definition) is 3. The zero-order valence-electron chi connectivity index (χ0n) is 14.0. The second-order valence-electron chi connectivity index (χ2n) is 5.70. The van der Waals surface area contributed by atoms with Crippen molar-refractivity contribution in [3.63, 3.8) is 0 Å². The highest BCUT2D eigenvalue weighted by molar-refractivity contribution is 7.14. The summed E-state index contributed by atoms with van der Waals surface area (Å²) in [4.78, 5) is 28.2. The SMILES string of the molecule is C=CCN(CCc1ccccc1)C(=O)CCC(=O)c1ccc(C)s1. The van der Waals surface area contributed by atoms with Crippen molar-refractivity contribution >= 4 is 23.0 Å². The van der Waals surface area contributed by atoms with Gasteiger partial charge >= 0.3 is 0 Å². The summed E-state index contributed by atoms with van der Waals surface area (Å²) >= 11 is 1.48. The number of hydrogen-bond donors (Lipinski definition) is 0. The molecule has 0 atom stereocenters. The maximum atomic E-state index is 12.4. The summed E-state index contributed by atoms with van der Waals surface area (Å²) in [6, 6.07) is 13.9. The Balaban J connectivity index is 1.86. The number of carbonyl (C=O) groups is 2. The standard InChI is InChI=1S/C20H23NO2S/c1-3-14-21(15-13-17-7-5-4-6-8-17)20(23)12-10-18(22)19-11-9-16(2)24-19/h3-9,11H,1,10,12-15H2,2H3. The van der Waals surface area contributed by atoms with Crippen molar-refractivity contribution in [2.45, 2.75) is 26.2 Å². The molecule has 1 aromatic heterocycles. The zero-order valence-corrected chi connectivity index (χ0v) is 14.8. The highest BCUT2D eigenvalue weighted by Gasteiger charge is 2.15. The molecular weight excluding hydrogens is 318 g/mol. The third kappa shape index (κ3) is 5.46. The Hall–Kier alpha value is -2.20. The molecule has 0 aliphatic heterocycles. The van der Waals surface area contributed by atoms with Crippen LogP contribution in [0.4, 0.5) is 0 Å². The van der Waals surface area contributed by atoms with Crippen molar-refractivity contribution in [1.82, 2.24) is 4.90 Å². The van der Waals surface area contributed by atoms with Gasteiger partial charge in [0.05, 0.1) is 4.88 Å². The molecule has 1 aromatic carbocycles. The van der Waals surface area contributed by atoms with Crippen LogP contribution in [0.3, 0.4) is 0 Å². The molecule has 0 radical (unpaired) electrons. The molecule has 0 fully saturated rings. The van der Waals surface area contributed by atoms with Gasteiger partial charge in [-0.15, -0.1) is 17.9 Å². The Morgan fingerprint density at radius 2 is 1.88 bits per heavy atom. The number of Topliss-reactive ketones (excluding diaryl/α,β-unsaturated/α-hetero) is 1. The van der Waals surface area contributed by atoms with Gasteiger partial charge in [-0.05, 0) is 31.0 Å². The van der Waals surface area contributed by atoms with E-state index in [-0.39, 0.29) is 24.5 Å². The summed E-state index contributed by atoms with van der Waals surface area (Å²) in [6.07, 6.45) is 3.04. The molecule has 0 unspecified atom stereocenters. The van der Waals surface area contributed by atoms with Crippen LogP contribution in [0.1, 0.15) is 33.0 Å². The molecule has 0 aliphatic rings. The predicted octanol–water partition coefficient (Wildman–Crippen LogP) is 4.28. The van der Waals surface area contributed by atoms with Crippen molar-refractivity contribution in [3.8, 4) is 0 Å². The van der Waals surface area contributed by atoms with Crippen LogP contribution in [0.25, 0.3) is 0 Å². The lowest BCUT2D eigenvalue weighted by Gasteiger charge is -2.21. The molecule has 2 aromatic rings. The fourth-order valence-electron chi connectivity index (χ4n) is 2.47. The summed E-state index contributed by atoms with van der Waals surface area (Å²) in [6.45, 7) is 6.85. The monoisotopic (exact) mass is 341 g/mol. The van der Waals surface area contributed by atoms with Gasteiger partial charge in [0.15, 0.2) is 5.78 Å². The number of ketones is 1. The molecule has 4 heteroatoms. The first-order chi connectivity index (χ1) is 11.6. The molecule has 24 heavy (non-hydrogen) atoms. The van der Waals surface area contributed by atoms with E-state index in [1.807, 2.05) is 37.3 Å². The van der Waals surface area contributed by atoms with E-state index in [9.17, 15) is 9.59 Å². The van der Waals surface area contributed by atoms with Gasteiger partial charge in [-0.2, -0.15) is 0 Å². The molecule has 126 valence electrons. The van der Waals surface area contributed by atoms with Crippen molar-refractivity contribution in [2.24, 2.45) is 0 Å². The quantitative estimate of drug-likeness (QED) is 0.504. The first-order valence-electron chi connectivity index (χ1n) is 8.12. The molecule has 2 rings (SSSR count). The Labute approximate surface area is 147 Å².